The number of hydrogen-bond acceptors (Lipinski definition) is 4. The third-order valence-electron chi connectivity index (χ3n) is 4.28. The average molecular weight is 394 g/mol. The van der Waals surface area contributed by atoms with E-state index < -0.39 is 0 Å². The van der Waals surface area contributed by atoms with E-state index in [2.05, 4.69) is 17.2 Å². The van der Waals surface area contributed by atoms with E-state index in [9.17, 15) is 9.59 Å². The smallest absolute Gasteiger partial charge is 0.260 e. The van der Waals surface area contributed by atoms with Crippen molar-refractivity contribution in [2.75, 3.05) is 30.5 Å². The third-order valence-corrected chi connectivity index (χ3v) is 5.41. The number of nitrogens with one attached hydrogen (secondary N) is 1. The summed E-state index contributed by atoms with van der Waals surface area (Å²) >= 11 is 1.53. The van der Waals surface area contributed by atoms with Crippen LogP contribution in [0.5, 0.6) is 0 Å². The molecule has 0 fully saturated rings. The monoisotopic (exact) mass is 394 g/mol. The number of hydrogen-bond donors (Lipinski definition) is 1. The summed E-state index contributed by atoms with van der Waals surface area (Å²) in [5.74, 6) is 5.72. The minimum Gasteiger partial charge on any atom is -0.385 e. The maximum absolute atomic E-state index is 13.1. The van der Waals surface area contributed by atoms with Gasteiger partial charge < -0.3 is 10.1 Å². The van der Waals surface area contributed by atoms with Crippen molar-refractivity contribution in [2.45, 2.75) is 29.6 Å². The summed E-state index contributed by atoms with van der Waals surface area (Å²) in [6.45, 7) is 2.63. The van der Waals surface area contributed by atoms with Gasteiger partial charge >= 0.3 is 0 Å². The van der Waals surface area contributed by atoms with E-state index in [1.165, 1.54) is 11.8 Å². The standard InChI is InChI=1S/C22H22N2O3S/c1-3-4-13-24-18-12-11-16(23-21(25)10-7-14-27-2)15-20(18)28-19-9-6-5-8-17(19)22(24)26/h5-6,8-9,11-12,15H,7,10,13-14H2,1-2H3,(H,23,25). The van der Waals surface area contributed by atoms with Gasteiger partial charge in [-0.1, -0.05) is 29.8 Å². The number of benzene rings is 2. The Morgan fingerprint density at radius 1 is 1.21 bits per heavy atom. The van der Waals surface area contributed by atoms with Crippen molar-refractivity contribution in [1.29, 1.82) is 0 Å². The number of anilines is 2. The van der Waals surface area contributed by atoms with Crippen LogP contribution >= 0.6 is 11.8 Å². The molecule has 0 unspecified atom stereocenters. The van der Waals surface area contributed by atoms with Gasteiger partial charge in [0.05, 0.1) is 17.8 Å². The molecule has 0 radical (unpaired) electrons. The first-order chi connectivity index (χ1) is 13.6. The van der Waals surface area contributed by atoms with Crippen LogP contribution in [0.15, 0.2) is 52.3 Å². The highest BCUT2D eigenvalue weighted by Crippen LogP contribution is 2.42. The molecule has 3 rings (SSSR count). The zero-order valence-electron chi connectivity index (χ0n) is 16.0. The quantitative estimate of drug-likeness (QED) is 0.590. The molecule has 0 spiro atoms. The van der Waals surface area contributed by atoms with Gasteiger partial charge in [-0.3, -0.25) is 14.5 Å². The molecule has 0 aromatic heterocycles. The maximum atomic E-state index is 13.1. The van der Waals surface area contributed by atoms with Crippen LogP contribution in [0.1, 0.15) is 30.1 Å². The van der Waals surface area contributed by atoms with E-state index in [1.807, 2.05) is 42.5 Å². The predicted molar refractivity (Wildman–Crippen MR) is 112 cm³/mol. The lowest BCUT2D eigenvalue weighted by Crippen LogP contribution is -2.31. The van der Waals surface area contributed by atoms with E-state index in [4.69, 9.17) is 4.74 Å². The molecule has 0 aliphatic carbocycles. The Morgan fingerprint density at radius 3 is 2.82 bits per heavy atom. The van der Waals surface area contributed by atoms with Crippen molar-refractivity contribution >= 4 is 35.0 Å². The number of amides is 2. The van der Waals surface area contributed by atoms with Crippen LogP contribution in [0.3, 0.4) is 0 Å². The summed E-state index contributed by atoms with van der Waals surface area (Å²) < 4.78 is 4.99. The summed E-state index contributed by atoms with van der Waals surface area (Å²) in [5, 5.41) is 2.93. The second kappa shape index (κ2) is 9.45. The first-order valence-electron chi connectivity index (χ1n) is 9.05. The molecule has 1 aliphatic heterocycles. The van der Waals surface area contributed by atoms with Crippen molar-refractivity contribution in [1.82, 2.24) is 0 Å². The highest BCUT2D eigenvalue weighted by atomic mass is 32.2. The van der Waals surface area contributed by atoms with E-state index in [1.54, 1.807) is 18.9 Å². The molecule has 2 amide bonds. The summed E-state index contributed by atoms with van der Waals surface area (Å²) in [5.41, 5.74) is 2.17. The van der Waals surface area contributed by atoms with Gasteiger partial charge in [0, 0.05) is 35.6 Å². The van der Waals surface area contributed by atoms with Crippen LogP contribution in [-0.2, 0) is 9.53 Å². The molecule has 144 valence electrons. The largest absolute Gasteiger partial charge is 0.385 e. The number of nitrogens with zero attached hydrogens (tertiary/aromatic N) is 1. The fourth-order valence-electron chi connectivity index (χ4n) is 2.92. The number of rotatable bonds is 6. The Hall–Kier alpha value is -2.75. The van der Waals surface area contributed by atoms with E-state index in [0.717, 1.165) is 15.5 Å². The Balaban J connectivity index is 1.92. The van der Waals surface area contributed by atoms with Gasteiger partial charge in [0.15, 0.2) is 0 Å². The SMILES string of the molecule is CC#CCN1C(=O)c2ccccc2Sc2cc(NC(=O)CCCOC)ccc21. The van der Waals surface area contributed by atoms with Gasteiger partial charge in [0.1, 0.15) is 0 Å². The minimum absolute atomic E-state index is 0.0548. The van der Waals surface area contributed by atoms with Gasteiger partial charge in [-0.05, 0) is 43.7 Å². The van der Waals surface area contributed by atoms with Gasteiger partial charge in [-0.2, -0.15) is 0 Å². The van der Waals surface area contributed by atoms with Crippen LogP contribution in [-0.4, -0.2) is 32.1 Å². The van der Waals surface area contributed by atoms with Crippen molar-refractivity contribution in [3.8, 4) is 11.8 Å². The summed E-state index contributed by atoms with van der Waals surface area (Å²) in [6, 6.07) is 13.2. The lowest BCUT2D eigenvalue weighted by atomic mass is 10.1. The molecule has 6 heteroatoms. The normalized spacial score (nSPS) is 12.4. The van der Waals surface area contributed by atoms with Gasteiger partial charge in [0.25, 0.3) is 5.91 Å². The van der Waals surface area contributed by atoms with Gasteiger partial charge in [0.2, 0.25) is 5.91 Å². The Labute approximate surface area is 169 Å². The minimum atomic E-state index is -0.0686. The second-order valence-corrected chi connectivity index (χ2v) is 7.33. The van der Waals surface area contributed by atoms with E-state index in [0.29, 0.717) is 37.2 Å². The van der Waals surface area contributed by atoms with Crippen LogP contribution in [0.4, 0.5) is 11.4 Å². The number of carbonyl (C=O) groups excluding carboxylic acids is 2. The van der Waals surface area contributed by atoms with Crippen molar-refractivity contribution < 1.29 is 14.3 Å². The molecule has 2 aromatic rings. The highest BCUT2D eigenvalue weighted by Gasteiger charge is 2.26. The molecular formula is C22H22N2O3S. The fraction of sp³-hybridized carbons (Fsp3) is 0.273. The summed E-state index contributed by atoms with van der Waals surface area (Å²) in [7, 11) is 1.62. The Kier molecular flexibility index (Phi) is 6.75. The molecule has 0 saturated heterocycles. The molecular weight excluding hydrogens is 372 g/mol. The third kappa shape index (κ3) is 4.56. The zero-order valence-corrected chi connectivity index (χ0v) is 16.8. The fourth-order valence-corrected chi connectivity index (χ4v) is 4.04. The first kappa shape index (κ1) is 20.0. The van der Waals surface area contributed by atoms with Gasteiger partial charge in [-0.25, -0.2) is 0 Å². The predicted octanol–water partition coefficient (Wildman–Crippen LogP) is 4.19. The molecule has 0 saturated carbocycles. The molecule has 1 aliphatic rings. The van der Waals surface area contributed by atoms with Crippen LogP contribution in [0.25, 0.3) is 0 Å². The number of carbonyl (C=O) groups is 2. The van der Waals surface area contributed by atoms with E-state index >= 15 is 0 Å². The lowest BCUT2D eigenvalue weighted by Gasteiger charge is -2.21. The molecule has 0 atom stereocenters. The topological polar surface area (TPSA) is 58.6 Å². The van der Waals surface area contributed by atoms with Crippen molar-refractivity contribution in [3.05, 3.63) is 48.0 Å². The van der Waals surface area contributed by atoms with Crippen molar-refractivity contribution in [3.63, 3.8) is 0 Å². The van der Waals surface area contributed by atoms with Crippen LogP contribution in [0, 0.1) is 11.8 Å². The van der Waals surface area contributed by atoms with Crippen molar-refractivity contribution in [2.24, 2.45) is 0 Å². The molecule has 0 bridgehead atoms. The molecule has 1 N–H and O–H groups in total. The summed E-state index contributed by atoms with van der Waals surface area (Å²) in [6.07, 6.45) is 1.07. The van der Waals surface area contributed by atoms with Crippen LogP contribution in [0.2, 0.25) is 0 Å². The Morgan fingerprint density at radius 2 is 2.04 bits per heavy atom. The lowest BCUT2D eigenvalue weighted by molar-refractivity contribution is -0.116. The van der Waals surface area contributed by atoms with Gasteiger partial charge in [-0.15, -0.1) is 5.92 Å². The summed E-state index contributed by atoms with van der Waals surface area (Å²) in [4.78, 5) is 28.7. The van der Waals surface area contributed by atoms with Crippen LogP contribution < -0.4 is 10.2 Å². The highest BCUT2D eigenvalue weighted by molar-refractivity contribution is 7.99. The zero-order chi connectivity index (χ0) is 19.9. The molecule has 2 aromatic carbocycles. The number of ether oxygens (including phenoxy) is 1. The molecule has 28 heavy (non-hydrogen) atoms. The molecule has 1 heterocycles. The Bertz CT molecular complexity index is 946. The average Bonchev–Trinajstić information content (AvgIpc) is 2.80. The molecule has 5 nitrogen and oxygen atoms in total. The maximum Gasteiger partial charge on any atom is 0.260 e. The first-order valence-corrected chi connectivity index (χ1v) is 9.87. The van der Waals surface area contributed by atoms with E-state index in [-0.39, 0.29) is 11.8 Å². The number of fused-ring (bicyclic) bond motifs is 2. The number of methoxy groups -OCH3 is 1. The second-order valence-electron chi connectivity index (χ2n) is 6.24.